The van der Waals surface area contributed by atoms with Crippen LogP contribution in [-0.2, 0) is 6.18 Å². The average molecular weight is 248 g/mol. The molecular formula is C11H15F3N2O. The highest BCUT2D eigenvalue weighted by Gasteiger charge is 2.29. The van der Waals surface area contributed by atoms with Crippen LogP contribution in [0.3, 0.4) is 0 Å². The van der Waals surface area contributed by atoms with Gasteiger partial charge in [0.15, 0.2) is 0 Å². The van der Waals surface area contributed by atoms with Crippen LogP contribution in [-0.4, -0.2) is 23.8 Å². The van der Waals surface area contributed by atoms with Crippen molar-refractivity contribution in [3.63, 3.8) is 0 Å². The molecule has 4 N–H and O–H groups in total. The van der Waals surface area contributed by atoms with Crippen LogP contribution in [0.25, 0.3) is 0 Å². The first-order valence-corrected chi connectivity index (χ1v) is 5.15. The standard InChI is InChI=1S/C11H15F3N2O/c1-7(17)10(15)6-16-9-4-2-8(3-5-9)11(12,13)14/h2-5,7,10,16-17H,6,15H2,1H3. The van der Waals surface area contributed by atoms with E-state index in [4.69, 9.17) is 10.8 Å². The first kappa shape index (κ1) is 13.8. The lowest BCUT2D eigenvalue weighted by atomic mass is 10.1. The number of hydrogen-bond acceptors (Lipinski definition) is 3. The lowest BCUT2D eigenvalue weighted by Crippen LogP contribution is -2.38. The molecular weight excluding hydrogens is 233 g/mol. The molecule has 1 rings (SSSR count). The van der Waals surface area contributed by atoms with Crippen molar-refractivity contribution in [2.24, 2.45) is 5.73 Å². The van der Waals surface area contributed by atoms with Crippen molar-refractivity contribution in [3.8, 4) is 0 Å². The number of rotatable bonds is 4. The molecule has 0 radical (unpaired) electrons. The molecule has 0 saturated heterocycles. The van der Waals surface area contributed by atoms with Gasteiger partial charge in [-0.25, -0.2) is 0 Å². The molecule has 0 bridgehead atoms. The van der Waals surface area contributed by atoms with E-state index in [0.29, 0.717) is 12.2 Å². The highest BCUT2D eigenvalue weighted by molar-refractivity contribution is 5.45. The van der Waals surface area contributed by atoms with Crippen molar-refractivity contribution < 1.29 is 18.3 Å². The van der Waals surface area contributed by atoms with Gasteiger partial charge in [-0.3, -0.25) is 0 Å². The number of hydrogen-bond donors (Lipinski definition) is 3. The van der Waals surface area contributed by atoms with E-state index in [0.717, 1.165) is 12.1 Å². The van der Waals surface area contributed by atoms with Crippen molar-refractivity contribution >= 4 is 5.69 Å². The number of aliphatic hydroxyl groups excluding tert-OH is 1. The maximum Gasteiger partial charge on any atom is 0.416 e. The van der Waals surface area contributed by atoms with Crippen LogP contribution in [0.4, 0.5) is 18.9 Å². The summed E-state index contributed by atoms with van der Waals surface area (Å²) in [7, 11) is 0. The second-order valence-electron chi connectivity index (χ2n) is 3.86. The van der Waals surface area contributed by atoms with E-state index >= 15 is 0 Å². The summed E-state index contributed by atoms with van der Waals surface area (Å²) in [5.74, 6) is 0. The summed E-state index contributed by atoms with van der Waals surface area (Å²) >= 11 is 0. The van der Waals surface area contributed by atoms with Gasteiger partial charge in [-0.1, -0.05) is 0 Å². The van der Waals surface area contributed by atoms with E-state index in [-0.39, 0.29) is 0 Å². The molecule has 0 fully saturated rings. The van der Waals surface area contributed by atoms with Gasteiger partial charge in [0, 0.05) is 18.3 Å². The zero-order valence-corrected chi connectivity index (χ0v) is 9.33. The van der Waals surface area contributed by atoms with Crippen molar-refractivity contribution in [1.29, 1.82) is 0 Å². The Balaban J connectivity index is 2.57. The minimum Gasteiger partial charge on any atom is -0.392 e. The molecule has 0 amide bonds. The van der Waals surface area contributed by atoms with Gasteiger partial charge in [-0.05, 0) is 31.2 Å². The molecule has 0 aliphatic heterocycles. The SMILES string of the molecule is CC(O)C(N)CNc1ccc(C(F)(F)F)cc1. The van der Waals surface area contributed by atoms with Crippen LogP contribution in [0.2, 0.25) is 0 Å². The third-order valence-corrected chi connectivity index (χ3v) is 2.37. The fourth-order valence-corrected chi connectivity index (χ4v) is 1.18. The Morgan fingerprint density at radius 1 is 1.29 bits per heavy atom. The zero-order valence-electron chi connectivity index (χ0n) is 9.33. The normalized spacial score (nSPS) is 15.4. The summed E-state index contributed by atoms with van der Waals surface area (Å²) in [5.41, 5.74) is 5.42. The van der Waals surface area contributed by atoms with Crippen LogP contribution in [0.15, 0.2) is 24.3 Å². The Morgan fingerprint density at radius 3 is 2.24 bits per heavy atom. The Labute approximate surface area is 97.4 Å². The molecule has 17 heavy (non-hydrogen) atoms. The van der Waals surface area contributed by atoms with Crippen molar-refractivity contribution in [2.75, 3.05) is 11.9 Å². The predicted molar refractivity (Wildman–Crippen MR) is 59.6 cm³/mol. The largest absolute Gasteiger partial charge is 0.416 e. The van der Waals surface area contributed by atoms with Gasteiger partial charge in [-0.2, -0.15) is 13.2 Å². The Kier molecular flexibility index (Phi) is 4.36. The first-order chi connectivity index (χ1) is 7.80. The average Bonchev–Trinajstić information content (AvgIpc) is 2.25. The van der Waals surface area contributed by atoms with Gasteiger partial charge in [0.2, 0.25) is 0 Å². The highest BCUT2D eigenvalue weighted by Crippen LogP contribution is 2.29. The molecule has 0 saturated carbocycles. The summed E-state index contributed by atoms with van der Waals surface area (Å²) in [5, 5.41) is 12.0. The number of nitrogens with one attached hydrogen (secondary N) is 1. The van der Waals surface area contributed by atoms with Crippen LogP contribution >= 0.6 is 0 Å². The van der Waals surface area contributed by atoms with Gasteiger partial charge in [0.1, 0.15) is 0 Å². The predicted octanol–water partition coefficient (Wildman–Crippen LogP) is 1.83. The molecule has 0 spiro atoms. The number of aliphatic hydroxyl groups is 1. The highest BCUT2D eigenvalue weighted by atomic mass is 19.4. The summed E-state index contributed by atoms with van der Waals surface area (Å²) in [4.78, 5) is 0. The Bertz CT molecular complexity index is 349. The zero-order chi connectivity index (χ0) is 13.1. The van der Waals surface area contributed by atoms with Gasteiger partial charge in [0.25, 0.3) is 0 Å². The van der Waals surface area contributed by atoms with Gasteiger partial charge in [0.05, 0.1) is 11.7 Å². The second kappa shape index (κ2) is 5.37. The number of nitrogens with two attached hydrogens (primary N) is 1. The maximum atomic E-state index is 12.3. The van der Waals surface area contributed by atoms with Gasteiger partial charge in [-0.15, -0.1) is 0 Å². The van der Waals surface area contributed by atoms with Crippen LogP contribution in [0.5, 0.6) is 0 Å². The van der Waals surface area contributed by atoms with E-state index < -0.39 is 23.9 Å². The minimum absolute atomic E-state index is 0.295. The lowest BCUT2D eigenvalue weighted by Gasteiger charge is -2.16. The first-order valence-electron chi connectivity index (χ1n) is 5.15. The molecule has 0 heterocycles. The molecule has 0 aliphatic carbocycles. The maximum absolute atomic E-state index is 12.3. The van der Waals surface area contributed by atoms with Crippen molar-refractivity contribution in [2.45, 2.75) is 25.2 Å². The summed E-state index contributed by atoms with van der Waals surface area (Å²) in [6, 6.07) is 4.19. The van der Waals surface area contributed by atoms with Gasteiger partial charge >= 0.3 is 6.18 Å². The Hall–Kier alpha value is -1.27. The quantitative estimate of drug-likeness (QED) is 0.761. The lowest BCUT2D eigenvalue weighted by molar-refractivity contribution is -0.137. The van der Waals surface area contributed by atoms with Crippen LogP contribution in [0.1, 0.15) is 12.5 Å². The summed E-state index contributed by atoms with van der Waals surface area (Å²) in [6.45, 7) is 1.85. The fourth-order valence-electron chi connectivity index (χ4n) is 1.18. The Morgan fingerprint density at radius 2 is 1.82 bits per heavy atom. The third kappa shape index (κ3) is 4.24. The molecule has 0 aliphatic rings. The molecule has 1 aromatic rings. The summed E-state index contributed by atoms with van der Waals surface area (Å²) < 4.78 is 36.8. The third-order valence-electron chi connectivity index (χ3n) is 2.37. The van der Waals surface area contributed by atoms with Crippen molar-refractivity contribution in [1.82, 2.24) is 0 Å². The number of benzene rings is 1. The van der Waals surface area contributed by atoms with Gasteiger partial charge < -0.3 is 16.2 Å². The van der Waals surface area contributed by atoms with E-state index in [2.05, 4.69) is 5.32 Å². The van der Waals surface area contributed by atoms with E-state index in [1.807, 2.05) is 0 Å². The monoisotopic (exact) mass is 248 g/mol. The fraction of sp³-hybridized carbons (Fsp3) is 0.455. The van der Waals surface area contributed by atoms with E-state index in [9.17, 15) is 13.2 Å². The molecule has 1 aromatic carbocycles. The molecule has 2 unspecified atom stereocenters. The molecule has 3 nitrogen and oxygen atoms in total. The second-order valence-corrected chi connectivity index (χ2v) is 3.86. The smallest absolute Gasteiger partial charge is 0.392 e. The molecule has 0 aromatic heterocycles. The number of alkyl halides is 3. The number of halogens is 3. The van der Waals surface area contributed by atoms with Crippen LogP contribution in [0, 0.1) is 0 Å². The molecule has 2 atom stereocenters. The molecule has 6 heteroatoms. The number of anilines is 1. The topological polar surface area (TPSA) is 58.3 Å². The van der Waals surface area contributed by atoms with Crippen LogP contribution < -0.4 is 11.1 Å². The van der Waals surface area contributed by atoms with E-state index in [1.54, 1.807) is 6.92 Å². The summed E-state index contributed by atoms with van der Waals surface area (Å²) in [6.07, 6.45) is -4.99. The molecule has 96 valence electrons. The van der Waals surface area contributed by atoms with E-state index in [1.165, 1.54) is 12.1 Å². The van der Waals surface area contributed by atoms with Crippen molar-refractivity contribution in [3.05, 3.63) is 29.8 Å². The minimum atomic E-state index is -4.32.